The van der Waals surface area contributed by atoms with E-state index >= 15 is 0 Å². The smallest absolute Gasteiger partial charge is 0.187 e. The monoisotopic (exact) mass is 242 g/mol. The summed E-state index contributed by atoms with van der Waals surface area (Å²) in [7, 11) is 0. The first-order chi connectivity index (χ1) is 8.49. The molecular weight excluding hydrogens is 224 g/mol. The van der Waals surface area contributed by atoms with Gasteiger partial charge in [-0.3, -0.25) is 9.48 Å². The fourth-order valence-corrected chi connectivity index (χ4v) is 2.11. The van der Waals surface area contributed by atoms with Crippen LogP contribution < -0.4 is 0 Å². The zero-order valence-electron chi connectivity index (χ0n) is 11.3. The lowest BCUT2D eigenvalue weighted by Gasteiger charge is -2.13. The largest absolute Gasteiger partial charge is 0.292 e. The number of aromatic nitrogens is 2. The van der Waals surface area contributed by atoms with E-state index in [0.717, 1.165) is 22.5 Å². The molecule has 3 nitrogen and oxygen atoms in total. The molecule has 0 bridgehead atoms. The summed E-state index contributed by atoms with van der Waals surface area (Å²) in [5.74, 6) is 0.0983. The van der Waals surface area contributed by atoms with Crippen LogP contribution in [0.15, 0.2) is 30.3 Å². The van der Waals surface area contributed by atoms with Crippen LogP contribution in [-0.2, 0) is 0 Å². The summed E-state index contributed by atoms with van der Waals surface area (Å²) in [5.41, 5.74) is 3.85. The molecule has 18 heavy (non-hydrogen) atoms. The lowest BCUT2D eigenvalue weighted by atomic mass is 10.0. The number of rotatable bonds is 3. The van der Waals surface area contributed by atoms with Crippen LogP contribution in [0.1, 0.15) is 40.3 Å². The molecule has 0 N–H and O–H groups in total. The zero-order valence-corrected chi connectivity index (χ0v) is 11.3. The molecule has 0 amide bonds. The van der Waals surface area contributed by atoms with E-state index in [0.29, 0.717) is 0 Å². The summed E-state index contributed by atoms with van der Waals surface area (Å²) >= 11 is 0. The molecule has 1 heterocycles. The van der Waals surface area contributed by atoms with Gasteiger partial charge in [0, 0.05) is 11.3 Å². The molecule has 1 aromatic heterocycles. The van der Waals surface area contributed by atoms with Gasteiger partial charge in [0.25, 0.3) is 0 Å². The van der Waals surface area contributed by atoms with Crippen molar-refractivity contribution in [2.45, 2.75) is 33.7 Å². The van der Waals surface area contributed by atoms with Crippen LogP contribution in [0.2, 0.25) is 0 Å². The van der Waals surface area contributed by atoms with Crippen LogP contribution >= 0.6 is 0 Å². The van der Waals surface area contributed by atoms with Crippen molar-refractivity contribution in [1.29, 1.82) is 0 Å². The number of nitrogens with zero attached hydrogens (tertiary/aromatic N) is 2. The highest BCUT2D eigenvalue weighted by molar-refractivity contribution is 5.98. The van der Waals surface area contributed by atoms with Crippen molar-refractivity contribution in [2.75, 3.05) is 0 Å². The Hall–Kier alpha value is -1.90. The van der Waals surface area contributed by atoms with Crippen molar-refractivity contribution < 1.29 is 4.79 Å². The Kier molecular flexibility index (Phi) is 3.32. The number of ketones is 1. The van der Waals surface area contributed by atoms with Gasteiger partial charge in [-0.25, -0.2) is 0 Å². The minimum Gasteiger partial charge on any atom is -0.292 e. The molecule has 0 fully saturated rings. The van der Waals surface area contributed by atoms with E-state index in [4.69, 9.17) is 0 Å². The van der Waals surface area contributed by atoms with E-state index in [1.807, 2.05) is 58.0 Å². The summed E-state index contributed by atoms with van der Waals surface area (Å²) in [6.45, 7) is 7.81. The summed E-state index contributed by atoms with van der Waals surface area (Å²) in [5, 5.41) is 4.37. The van der Waals surface area contributed by atoms with Crippen molar-refractivity contribution in [3.05, 3.63) is 52.8 Å². The normalized spacial score (nSPS) is 12.4. The second-order valence-corrected chi connectivity index (χ2v) is 4.78. The second-order valence-electron chi connectivity index (χ2n) is 4.78. The van der Waals surface area contributed by atoms with Crippen LogP contribution in [0.5, 0.6) is 0 Å². The Balaban J connectivity index is 2.29. The average Bonchev–Trinajstić information content (AvgIpc) is 2.67. The van der Waals surface area contributed by atoms with Crippen molar-refractivity contribution in [3.8, 4) is 0 Å². The highest BCUT2D eigenvalue weighted by Crippen LogP contribution is 2.16. The molecule has 0 aliphatic heterocycles. The van der Waals surface area contributed by atoms with Gasteiger partial charge in [0.2, 0.25) is 0 Å². The molecule has 2 rings (SSSR count). The predicted octanol–water partition coefficient (Wildman–Crippen LogP) is 3.25. The maximum Gasteiger partial charge on any atom is 0.187 e. The number of hydrogen-bond acceptors (Lipinski definition) is 2. The molecule has 1 unspecified atom stereocenters. The average molecular weight is 242 g/mol. The number of aryl methyl sites for hydroxylation is 3. The third kappa shape index (κ3) is 2.35. The maximum atomic E-state index is 12.4. The lowest BCUT2D eigenvalue weighted by molar-refractivity contribution is 0.0926. The number of benzene rings is 1. The fraction of sp³-hybridized carbons (Fsp3) is 0.333. The Bertz CT molecular complexity index is 567. The molecule has 0 spiro atoms. The van der Waals surface area contributed by atoms with Gasteiger partial charge in [0.05, 0.1) is 5.69 Å². The van der Waals surface area contributed by atoms with Gasteiger partial charge in [-0.15, -0.1) is 0 Å². The summed E-state index contributed by atoms with van der Waals surface area (Å²) < 4.78 is 1.79. The summed E-state index contributed by atoms with van der Waals surface area (Å²) in [4.78, 5) is 12.4. The topological polar surface area (TPSA) is 34.9 Å². The molecular formula is C15H18N2O. The summed E-state index contributed by atoms with van der Waals surface area (Å²) in [6, 6.07) is 9.39. The molecule has 1 aromatic carbocycles. The molecule has 94 valence electrons. The van der Waals surface area contributed by atoms with Crippen molar-refractivity contribution in [3.63, 3.8) is 0 Å². The SMILES string of the molecule is Cc1ccc(C(=O)C(C)n2nc(C)cc2C)cc1. The number of carbonyl (C=O) groups is 1. The van der Waals surface area contributed by atoms with Gasteiger partial charge in [-0.05, 0) is 33.8 Å². The number of Topliss-reactive ketones (excluding diaryl/α,β-unsaturated/α-hetero) is 1. The molecule has 0 aliphatic rings. The first-order valence-electron chi connectivity index (χ1n) is 6.12. The third-order valence-electron chi connectivity index (χ3n) is 3.13. The van der Waals surface area contributed by atoms with Crippen LogP contribution in [-0.4, -0.2) is 15.6 Å². The van der Waals surface area contributed by atoms with Crippen LogP contribution in [0.4, 0.5) is 0 Å². The van der Waals surface area contributed by atoms with E-state index in [-0.39, 0.29) is 11.8 Å². The van der Waals surface area contributed by atoms with E-state index in [9.17, 15) is 4.79 Å². The Labute approximate surface area is 107 Å². The first-order valence-corrected chi connectivity index (χ1v) is 6.12. The minimum atomic E-state index is -0.263. The standard InChI is InChI=1S/C15H18N2O/c1-10-5-7-14(8-6-10)15(18)13(4)17-12(3)9-11(2)16-17/h5-9,13H,1-4H3. The highest BCUT2D eigenvalue weighted by Gasteiger charge is 2.19. The Morgan fingerprint density at radius 1 is 1.17 bits per heavy atom. The molecule has 0 radical (unpaired) electrons. The first kappa shape index (κ1) is 12.6. The molecule has 0 saturated carbocycles. The van der Waals surface area contributed by atoms with E-state index in [1.54, 1.807) is 4.68 Å². The fourth-order valence-electron chi connectivity index (χ4n) is 2.11. The van der Waals surface area contributed by atoms with Gasteiger partial charge in [-0.1, -0.05) is 29.8 Å². The minimum absolute atomic E-state index is 0.0983. The Morgan fingerprint density at radius 3 is 2.28 bits per heavy atom. The predicted molar refractivity (Wildman–Crippen MR) is 71.9 cm³/mol. The molecule has 1 atom stereocenters. The van der Waals surface area contributed by atoms with E-state index in [2.05, 4.69) is 5.10 Å². The molecule has 0 saturated heterocycles. The maximum absolute atomic E-state index is 12.4. The molecule has 2 aromatic rings. The van der Waals surface area contributed by atoms with Crippen LogP contribution in [0.3, 0.4) is 0 Å². The molecule has 0 aliphatic carbocycles. The second kappa shape index (κ2) is 4.77. The van der Waals surface area contributed by atoms with Gasteiger partial charge in [0.1, 0.15) is 6.04 Å². The lowest BCUT2D eigenvalue weighted by Crippen LogP contribution is -2.19. The van der Waals surface area contributed by atoms with E-state index < -0.39 is 0 Å². The van der Waals surface area contributed by atoms with Gasteiger partial charge in [0.15, 0.2) is 5.78 Å². The van der Waals surface area contributed by atoms with Crippen LogP contribution in [0.25, 0.3) is 0 Å². The van der Waals surface area contributed by atoms with Crippen molar-refractivity contribution in [2.24, 2.45) is 0 Å². The quantitative estimate of drug-likeness (QED) is 0.774. The van der Waals surface area contributed by atoms with Crippen molar-refractivity contribution >= 4 is 5.78 Å². The van der Waals surface area contributed by atoms with E-state index in [1.165, 1.54) is 0 Å². The zero-order chi connectivity index (χ0) is 13.3. The highest BCUT2D eigenvalue weighted by atomic mass is 16.1. The summed E-state index contributed by atoms with van der Waals surface area (Å²) in [6.07, 6.45) is 0. The third-order valence-corrected chi connectivity index (χ3v) is 3.13. The number of hydrogen-bond donors (Lipinski definition) is 0. The molecule has 3 heteroatoms. The number of carbonyl (C=O) groups excluding carboxylic acids is 1. The Morgan fingerprint density at radius 2 is 1.78 bits per heavy atom. The van der Waals surface area contributed by atoms with Gasteiger partial charge < -0.3 is 0 Å². The van der Waals surface area contributed by atoms with Crippen molar-refractivity contribution in [1.82, 2.24) is 9.78 Å². The van der Waals surface area contributed by atoms with Crippen LogP contribution in [0, 0.1) is 20.8 Å². The van der Waals surface area contributed by atoms with Gasteiger partial charge >= 0.3 is 0 Å². The van der Waals surface area contributed by atoms with Gasteiger partial charge in [-0.2, -0.15) is 5.10 Å².